The highest BCUT2D eigenvalue weighted by molar-refractivity contribution is 8.07. The molecule has 1 rings (SSSR count). The van der Waals surface area contributed by atoms with Gasteiger partial charge in [0.05, 0.1) is 18.5 Å². The Morgan fingerprint density at radius 2 is 1.55 bits per heavy atom. The zero-order valence-electron chi connectivity index (χ0n) is 11.9. The number of hydrogen-bond donors (Lipinski definition) is 0. The van der Waals surface area contributed by atoms with E-state index in [0.29, 0.717) is 0 Å². The van der Waals surface area contributed by atoms with Gasteiger partial charge >= 0.3 is 11.9 Å². The second kappa shape index (κ2) is 8.56. The van der Waals surface area contributed by atoms with Crippen LogP contribution in [-0.4, -0.2) is 52.9 Å². The van der Waals surface area contributed by atoms with Gasteiger partial charge in [-0.25, -0.2) is 0 Å². The highest BCUT2D eigenvalue weighted by Gasteiger charge is 2.43. The molecule has 0 radical (unpaired) electrons. The van der Waals surface area contributed by atoms with Crippen molar-refractivity contribution in [3.8, 4) is 0 Å². The average molecular weight is 320 g/mol. The highest BCUT2D eigenvalue weighted by Crippen LogP contribution is 2.33. The van der Waals surface area contributed by atoms with E-state index < -0.39 is 23.6 Å². The lowest BCUT2D eigenvalue weighted by Gasteiger charge is -2.28. The van der Waals surface area contributed by atoms with Crippen LogP contribution in [0.3, 0.4) is 0 Å². The van der Waals surface area contributed by atoms with Crippen LogP contribution in [0.5, 0.6) is 0 Å². The minimum Gasteiger partial charge on any atom is -0.465 e. The van der Waals surface area contributed by atoms with Crippen molar-refractivity contribution in [2.45, 2.75) is 31.3 Å². The maximum absolute atomic E-state index is 12.5. The van der Waals surface area contributed by atoms with Crippen LogP contribution < -0.4 is 0 Å². The zero-order chi connectivity index (χ0) is 15.1. The maximum Gasteiger partial charge on any atom is 0.328 e. The van der Waals surface area contributed by atoms with E-state index in [1.165, 1.54) is 11.8 Å². The Balaban J connectivity index is 2.87. The van der Waals surface area contributed by atoms with Crippen molar-refractivity contribution >= 4 is 41.2 Å². The van der Waals surface area contributed by atoms with Crippen LogP contribution in [0.1, 0.15) is 20.8 Å². The van der Waals surface area contributed by atoms with Gasteiger partial charge in [-0.15, -0.1) is 11.8 Å². The second-order valence-corrected chi connectivity index (χ2v) is 6.94. The monoisotopic (exact) mass is 320 g/mol. The van der Waals surface area contributed by atoms with Crippen molar-refractivity contribution in [2.75, 3.05) is 24.7 Å². The summed E-state index contributed by atoms with van der Waals surface area (Å²) in [5.74, 6) is -1.65. The lowest BCUT2D eigenvalue weighted by Crippen LogP contribution is -2.43. The molecule has 0 aromatic carbocycles. The summed E-state index contributed by atoms with van der Waals surface area (Å²) in [6, 6.07) is 0. The van der Waals surface area contributed by atoms with Gasteiger partial charge in [-0.3, -0.25) is 14.4 Å². The molecule has 0 aromatic rings. The molecule has 114 valence electrons. The van der Waals surface area contributed by atoms with E-state index in [0.717, 1.165) is 11.5 Å². The Kier molecular flexibility index (Phi) is 7.43. The Bertz CT molecular complexity index is 354. The molecule has 2 atom stereocenters. The first kappa shape index (κ1) is 17.4. The van der Waals surface area contributed by atoms with Crippen molar-refractivity contribution < 1.29 is 23.9 Å². The smallest absolute Gasteiger partial charge is 0.328 e. The molecule has 0 saturated carbocycles. The first-order chi connectivity index (χ1) is 9.52. The number of carbonyl (C=O) groups is 3. The molecule has 0 aromatic heterocycles. The van der Waals surface area contributed by atoms with Crippen molar-refractivity contribution in [3.05, 3.63) is 0 Å². The highest BCUT2D eigenvalue weighted by atomic mass is 32.2. The molecular formula is C13H20O5S2. The van der Waals surface area contributed by atoms with Crippen molar-refractivity contribution in [1.29, 1.82) is 0 Å². The Morgan fingerprint density at radius 3 is 2.00 bits per heavy atom. The lowest BCUT2D eigenvalue weighted by atomic mass is 10.00. The lowest BCUT2D eigenvalue weighted by molar-refractivity contribution is -0.163. The predicted octanol–water partition coefficient (Wildman–Crippen LogP) is 1.54. The molecule has 1 aliphatic rings. The van der Waals surface area contributed by atoms with Gasteiger partial charge in [0.2, 0.25) is 5.92 Å². The molecule has 1 heterocycles. The van der Waals surface area contributed by atoms with Crippen molar-refractivity contribution in [2.24, 2.45) is 5.92 Å². The molecule has 1 aliphatic heterocycles. The number of esters is 2. The largest absolute Gasteiger partial charge is 0.465 e. The first-order valence-electron chi connectivity index (χ1n) is 6.63. The first-order valence-corrected chi connectivity index (χ1v) is 8.72. The van der Waals surface area contributed by atoms with E-state index >= 15 is 0 Å². The minimum atomic E-state index is -1.45. The number of thioether (sulfide) groups is 2. The van der Waals surface area contributed by atoms with Gasteiger partial charge in [0.1, 0.15) is 0 Å². The number of hydrogen-bond acceptors (Lipinski definition) is 7. The van der Waals surface area contributed by atoms with Gasteiger partial charge < -0.3 is 9.47 Å². The van der Waals surface area contributed by atoms with Crippen molar-refractivity contribution in [1.82, 2.24) is 0 Å². The summed E-state index contributed by atoms with van der Waals surface area (Å²) in [4.78, 5) is 36.3. The summed E-state index contributed by atoms with van der Waals surface area (Å²) in [5, 5.41) is -0.292. The third-order valence-corrected chi connectivity index (χ3v) is 5.91. The summed E-state index contributed by atoms with van der Waals surface area (Å²) in [6.07, 6.45) is 0. The fourth-order valence-corrected chi connectivity index (χ4v) is 4.64. The summed E-state index contributed by atoms with van der Waals surface area (Å²) < 4.78 is 9.68. The van der Waals surface area contributed by atoms with E-state index in [2.05, 4.69) is 0 Å². The third-order valence-electron chi connectivity index (χ3n) is 2.80. The van der Waals surface area contributed by atoms with Crippen LogP contribution >= 0.6 is 23.5 Å². The minimum absolute atomic E-state index is 0.0765. The van der Waals surface area contributed by atoms with Crippen LogP contribution in [0.25, 0.3) is 0 Å². The van der Waals surface area contributed by atoms with Crippen LogP contribution in [0.4, 0.5) is 0 Å². The quantitative estimate of drug-likeness (QED) is 0.543. The number of ether oxygens (including phenoxy) is 2. The third kappa shape index (κ3) is 4.41. The summed E-state index contributed by atoms with van der Waals surface area (Å²) in [7, 11) is 0. The molecule has 1 saturated heterocycles. The second-order valence-electron chi connectivity index (χ2n) is 4.21. The SMILES string of the molecule is CCOC(=O)C(C(=O)OCC)C(=O)C1SCCSC1C. The standard InChI is InChI=1S/C13H20O5S2/c1-4-17-12(15)9(13(16)18-5-2)10(14)11-8(3)19-6-7-20-11/h8-9,11H,4-7H2,1-3H3. The topological polar surface area (TPSA) is 69.7 Å². The molecule has 20 heavy (non-hydrogen) atoms. The van der Waals surface area contributed by atoms with Crippen LogP contribution in [0.15, 0.2) is 0 Å². The molecule has 5 nitrogen and oxygen atoms in total. The summed E-state index contributed by atoms with van der Waals surface area (Å²) in [5.41, 5.74) is 0. The van der Waals surface area contributed by atoms with Crippen LogP contribution in [-0.2, 0) is 23.9 Å². The molecule has 0 spiro atoms. The number of carbonyl (C=O) groups excluding carboxylic acids is 3. The molecule has 0 aliphatic carbocycles. The predicted molar refractivity (Wildman–Crippen MR) is 79.9 cm³/mol. The van der Waals surface area contributed by atoms with Crippen LogP contribution in [0, 0.1) is 5.92 Å². The van der Waals surface area contributed by atoms with Crippen molar-refractivity contribution in [3.63, 3.8) is 0 Å². The summed E-state index contributed by atoms with van der Waals surface area (Å²) in [6.45, 7) is 5.47. The van der Waals surface area contributed by atoms with Gasteiger partial charge in [0, 0.05) is 16.8 Å². The van der Waals surface area contributed by atoms with Gasteiger partial charge in [-0.2, -0.15) is 11.8 Å². The molecule has 0 bridgehead atoms. The van der Waals surface area contributed by atoms with E-state index in [-0.39, 0.29) is 23.7 Å². The number of rotatable bonds is 6. The molecule has 0 amide bonds. The molecule has 0 N–H and O–H groups in total. The average Bonchev–Trinajstić information content (AvgIpc) is 2.40. The number of ketones is 1. The molecular weight excluding hydrogens is 300 g/mol. The fraction of sp³-hybridized carbons (Fsp3) is 0.769. The Labute approximate surface area is 127 Å². The normalized spacial score (nSPS) is 22.4. The maximum atomic E-state index is 12.5. The van der Waals surface area contributed by atoms with E-state index in [4.69, 9.17) is 9.47 Å². The Hall–Kier alpha value is -0.690. The summed E-state index contributed by atoms with van der Waals surface area (Å²) >= 11 is 3.17. The fourth-order valence-electron chi connectivity index (χ4n) is 1.89. The van der Waals surface area contributed by atoms with E-state index in [9.17, 15) is 14.4 Å². The zero-order valence-corrected chi connectivity index (χ0v) is 13.6. The number of Topliss-reactive ketones (excluding diaryl/α,β-unsaturated/α-hetero) is 1. The molecule has 2 unspecified atom stereocenters. The molecule has 7 heteroatoms. The van der Waals surface area contributed by atoms with Crippen LogP contribution in [0.2, 0.25) is 0 Å². The van der Waals surface area contributed by atoms with Gasteiger partial charge in [-0.05, 0) is 13.8 Å². The molecule has 1 fully saturated rings. The van der Waals surface area contributed by atoms with Gasteiger partial charge in [-0.1, -0.05) is 6.92 Å². The Morgan fingerprint density at radius 1 is 1.05 bits per heavy atom. The van der Waals surface area contributed by atoms with E-state index in [1.54, 1.807) is 25.6 Å². The van der Waals surface area contributed by atoms with E-state index in [1.807, 2.05) is 6.92 Å². The van der Waals surface area contributed by atoms with Gasteiger partial charge in [0.25, 0.3) is 0 Å². The van der Waals surface area contributed by atoms with Gasteiger partial charge in [0.15, 0.2) is 5.78 Å².